The zero-order valence-electron chi connectivity index (χ0n) is 13.4. The first-order valence-electron chi connectivity index (χ1n) is 8.04. The highest BCUT2D eigenvalue weighted by Crippen LogP contribution is 2.32. The fraction of sp³-hybridized carbons (Fsp3) is 0.562. The van der Waals surface area contributed by atoms with Crippen LogP contribution in [0.25, 0.3) is 0 Å². The van der Waals surface area contributed by atoms with E-state index in [4.69, 9.17) is 5.73 Å². The number of carbonyl (C=O) groups excluding carboxylic acids is 1. The molecule has 0 unspecified atom stereocenters. The van der Waals surface area contributed by atoms with E-state index in [9.17, 15) is 13.2 Å². The Morgan fingerprint density at radius 2 is 1.96 bits per heavy atom. The van der Waals surface area contributed by atoms with Crippen molar-refractivity contribution in [3.63, 3.8) is 0 Å². The van der Waals surface area contributed by atoms with Crippen LogP contribution in [0.5, 0.6) is 0 Å². The second kappa shape index (κ2) is 6.22. The summed E-state index contributed by atoms with van der Waals surface area (Å²) in [4.78, 5) is 13.6. The van der Waals surface area contributed by atoms with E-state index in [1.807, 2.05) is 6.07 Å². The Balaban J connectivity index is 1.87. The highest BCUT2D eigenvalue weighted by Gasteiger charge is 2.31. The van der Waals surface area contributed by atoms with Gasteiger partial charge in [0.15, 0.2) is 0 Å². The molecule has 0 saturated carbocycles. The molecule has 1 saturated heterocycles. The molecule has 0 atom stereocenters. The highest BCUT2D eigenvalue weighted by atomic mass is 32.2. The van der Waals surface area contributed by atoms with Crippen LogP contribution < -0.4 is 10.6 Å². The zero-order valence-corrected chi connectivity index (χ0v) is 14.2. The SMILES string of the molecule is CC(=O)N1CCc2ccc(S(=O)(=O)N3CCC(CN)CC3)cc21. The summed E-state index contributed by atoms with van der Waals surface area (Å²) >= 11 is 0. The number of piperidine rings is 1. The molecule has 3 rings (SSSR count). The first kappa shape index (κ1) is 16.4. The topological polar surface area (TPSA) is 83.7 Å². The van der Waals surface area contributed by atoms with Crippen LogP contribution in [0.15, 0.2) is 23.1 Å². The number of anilines is 1. The van der Waals surface area contributed by atoms with E-state index >= 15 is 0 Å². The molecule has 0 bridgehead atoms. The number of nitrogens with zero attached hydrogens (tertiary/aromatic N) is 2. The van der Waals surface area contributed by atoms with Crippen molar-refractivity contribution in [1.82, 2.24) is 4.31 Å². The van der Waals surface area contributed by atoms with Crippen molar-refractivity contribution in [2.24, 2.45) is 11.7 Å². The molecule has 1 amide bonds. The number of sulfonamides is 1. The summed E-state index contributed by atoms with van der Waals surface area (Å²) in [7, 11) is -3.51. The lowest BCUT2D eigenvalue weighted by molar-refractivity contribution is -0.116. The average Bonchev–Trinajstić information content (AvgIpc) is 2.98. The quantitative estimate of drug-likeness (QED) is 0.890. The third-order valence-corrected chi connectivity index (χ3v) is 6.77. The highest BCUT2D eigenvalue weighted by molar-refractivity contribution is 7.89. The van der Waals surface area contributed by atoms with Gasteiger partial charge in [-0.25, -0.2) is 8.42 Å². The van der Waals surface area contributed by atoms with Crippen LogP contribution in [-0.2, 0) is 21.2 Å². The second-order valence-corrected chi connectivity index (χ2v) is 8.23. The predicted molar refractivity (Wildman–Crippen MR) is 88.7 cm³/mol. The predicted octanol–water partition coefficient (Wildman–Crippen LogP) is 0.955. The van der Waals surface area contributed by atoms with Crippen LogP contribution in [0.2, 0.25) is 0 Å². The van der Waals surface area contributed by atoms with Crippen molar-refractivity contribution in [3.05, 3.63) is 23.8 Å². The van der Waals surface area contributed by atoms with Gasteiger partial charge in [0, 0.05) is 32.2 Å². The molecular weight excluding hydrogens is 314 g/mol. The van der Waals surface area contributed by atoms with E-state index < -0.39 is 10.0 Å². The van der Waals surface area contributed by atoms with Crippen LogP contribution >= 0.6 is 0 Å². The summed E-state index contributed by atoms with van der Waals surface area (Å²) in [5, 5.41) is 0. The van der Waals surface area contributed by atoms with Crippen LogP contribution in [0.1, 0.15) is 25.3 Å². The molecule has 1 fully saturated rings. The Morgan fingerprint density at radius 3 is 2.57 bits per heavy atom. The number of amides is 1. The molecule has 23 heavy (non-hydrogen) atoms. The van der Waals surface area contributed by atoms with Gasteiger partial charge in [-0.2, -0.15) is 4.31 Å². The lowest BCUT2D eigenvalue weighted by Gasteiger charge is -2.30. The molecular formula is C16H23N3O3S. The Bertz CT molecular complexity index is 709. The number of benzene rings is 1. The second-order valence-electron chi connectivity index (χ2n) is 6.29. The minimum absolute atomic E-state index is 0.0536. The van der Waals surface area contributed by atoms with Gasteiger partial charge in [0.2, 0.25) is 15.9 Å². The van der Waals surface area contributed by atoms with Crippen molar-refractivity contribution >= 4 is 21.6 Å². The fourth-order valence-corrected chi connectivity index (χ4v) is 4.87. The number of nitrogens with two attached hydrogens (primary N) is 1. The smallest absolute Gasteiger partial charge is 0.243 e. The summed E-state index contributed by atoms with van der Waals surface area (Å²) in [6, 6.07) is 5.14. The van der Waals surface area contributed by atoms with E-state index in [1.165, 1.54) is 11.2 Å². The standard InChI is InChI=1S/C16H23N3O3S/c1-12(20)19-9-6-14-2-3-15(10-16(14)19)23(21,22)18-7-4-13(11-17)5-8-18/h2-3,10,13H,4-9,11,17H2,1H3. The van der Waals surface area contributed by atoms with Gasteiger partial charge < -0.3 is 10.6 Å². The first-order chi connectivity index (χ1) is 10.9. The molecule has 6 nitrogen and oxygen atoms in total. The molecule has 0 radical (unpaired) electrons. The van der Waals surface area contributed by atoms with Gasteiger partial charge in [-0.15, -0.1) is 0 Å². The van der Waals surface area contributed by atoms with Gasteiger partial charge >= 0.3 is 0 Å². The number of fused-ring (bicyclic) bond motifs is 1. The number of hydrogen-bond acceptors (Lipinski definition) is 4. The van der Waals surface area contributed by atoms with Crippen LogP contribution in [0.4, 0.5) is 5.69 Å². The number of rotatable bonds is 3. The molecule has 7 heteroatoms. The van der Waals surface area contributed by atoms with Crippen molar-refractivity contribution < 1.29 is 13.2 Å². The first-order valence-corrected chi connectivity index (χ1v) is 9.48. The van der Waals surface area contributed by atoms with Crippen molar-refractivity contribution in [2.45, 2.75) is 31.1 Å². The summed E-state index contributed by atoms with van der Waals surface area (Å²) in [6.07, 6.45) is 2.39. The number of hydrogen-bond donors (Lipinski definition) is 1. The summed E-state index contributed by atoms with van der Waals surface area (Å²) in [5.41, 5.74) is 7.43. The Hall–Kier alpha value is -1.44. The third-order valence-electron chi connectivity index (χ3n) is 4.88. The maximum absolute atomic E-state index is 12.8. The van der Waals surface area contributed by atoms with Crippen molar-refractivity contribution in [3.8, 4) is 0 Å². The maximum Gasteiger partial charge on any atom is 0.243 e. The minimum atomic E-state index is -3.51. The molecule has 2 aliphatic heterocycles. The van der Waals surface area contributed by atoms with Crippen molar-refractivity contribution in [2.75, 3.05) is 31.1 Å². The largest absolute Gasteiger partial charge is 0.330 e. The van der Waals surface area contributed by atoms with Gasteiger partial charge in [-0.05, 0) is 49.4 Å². The van der Waals surface area contributed by atoms with Crippen LogP contribution in [0.3, 0.4) is 0 Å². The van der Waals surface area contributed by atoms with E-state index in [2.05, 4.69) is 0 Å². The lowest BCUT2D eigenvalue weighted by Crippen LogP contribution is -2.40. The Kier molecular flexibility index (Phi) is 4.44. The van der Waals surface area contributed by atoms with E-state index in [1.54, 1.807) is 17.0 Å². The zero-order chi connectivity index (χ0) is 16.6. The molecule has 1 aromatic carbocycles. The van der Waals surface area contributed by atoms with Gasteiger partial charge in [-0.3, -0.25) is 4.79 Å². The van der Waals surface area contributed by atoms with E-state index in [-0.39, 0.29) is 10.8 Å². The van der Waals surface area contributed by atoms with Gasteiger partial charge in [-0.1, -0.05) is 6.07 Å². The van der Waals surface area contributed by atoms with Crippen LogP contribution in [0, 0.1) is 5.92 Å². The lowest BCUT2D eigenvalue weighted by atomic mass is 9.99. The molecule has 1 aromatic rings. The Labute approximate surface area is 137 Å². The van der Waals surface area contributed by atoms with E-state index in [0.717, 1.165) is 30.5 Å². The average molecular weight is 337 g/mol. The van der Waals surface area contributed by atoms with Gasteiger partial charge in [0.1, 0.15) is 0 Å². The van der Waals surface area contributed by atoms with Crippen LogP contribution in [-0.4, -0.2) is 44.8 Å². The summed E-state index contributed by atoms with van der Waals surface area (Å²) in [5.74, 6) is 0.358. The molecule has 0 aromatic heterocycles. The monoisotopic (exact) mass is 337 g/mol. The fourth-order valence-electron chi connectivity index (χ4n) is 3.38. The normalized spacial score (nSPS) is 19.8. The Morgan fingerprint density at radius 1 is 1.26 bits per heavy atom. The van der Waals surface area contributed by atoms with Gasteiger partial charge in [0.05, 0.1) is 4.90 Å². The molecule has 2 heterocycles. The summed E-state index contributed by atoms with van der Waals surface area (Å²) < 4.78 is 27.2. The van der Waals surface area contributed by atoms with Gasteiger partial charge in [0.25, 0.3) is 0 Å². The molecule has 0 aliphatic carbocycles. The maximum atomic E-state index is 12.8. The van der Waals surface area contributed by atoms with E-state index in [0.29, 0.717) is 32.1 Å². The third kappa shape index (κ3) is 3.00. The molecule has 2 N–H and O–H groups in total. The molecule has 0 spiro atoms. The number of carbonyl (C=O) groups is 1. The summed E-state index contributed by atoms with van der Waals surface area (Å²) in [6.45, 7) is 3.76. The molecule has 2 aliphatic rings. The molecule has 126 valence electrons. The van der Waals surface area contributed by atoms with Crippen molar-refractivity contribution in [1.29, 1.82) is 0 Å². The minimum Gasteiger partial charge on any atom is -0.330 e.